The number of nitrogens with one attached hydrogen (secondary N) is 1. The fraction of sp³-hybridized carbons (Fsp3) is 0.0800. The van der Waals surface area contributed by atoms with Gasteiger partial charge in [-0.15, -0.1) is 11.3 Å². The monoisotopic (exact) mass is 465 g/mol. The minimum Gasteiger partial charge on any atom is -0.497 e. The Labute approximate surface area is 200 Å². The summed E-state index contributed by atoms with van der Waals surface area (Å²) in [5, 5.41) is 20.0. The Hall–Kier alpha value is -4.55. The summed E-state index contributed by atoms with van der Waals surface area (Å²) in [6.45, 7) is 0.585. The van der Waals surface area contributed by atoms with Crippen LogP contribution in [0.15, 0.2) is 78.6 Å². The van der Waals surface area contributed by atoms with Gasteiger partial charge in [-0.2, -0.15) is 10.4 Å². The molecule has 0 radical (unpaired) electrons. The first-order valence-electron chi connectivity index (χ1n) is 10.4. The first-order valence-corrected chi connectivity index (χ1v) is 11.3. The Bertz CT molecular complexity index is 1450. The molecular weight excluding hydrogens is 446 g/mol. The normalized spacial score (nSPS) is 10.6. The summed E-state index contributed by atoms with van der Waals surface area (Å²) < 4.78 is 7.14. The van der Waals surface area contributed by atoms with Crippen molar-refractivity contribution in [2.75, 3.05) is 12.4 Å². The maximum Gasteiger partial charge on any atom is 0.228 e. The van der Waals surface area contributed by atoms with Crippen molar-refractivity contribution in [2.45, 2.75) is 6.54 Å². The fourth-order valence-electron chi connectivity index (χ4n) is 3.48. The number of rotatable bonds is 7. The van der Waals surface area contributed by atoms with Crippen LogP contribution in [0.5, 0.6) is 5.75 Å². The van der Waals surface area contributed by atoms with Crippen LogP contribution in [0, 0.1) is 11.3 Å². The molecule has 8 nitrogen and oxygen atoms in total. The molecule has 5 aromatic rings. The molecule has 9 heteroatoms. The van der Waals surface area contributed by atoms with E-state index in [1.165, 1.54) is 11.3 Å². The standard InChI is InChI=1S/C25H19N7OS/c1-33-20-8-6-17(7-9-20)14-32-15-21(19-5-2-4-18(12-19)13-26)23(31-32)22-16-34-25(29-22)30-24-27-10-3-11-28-24/h2-12,15-16H,14H2,1H3,(H,27,28,29,30). The molecule has 0 bridgehead atoms. The van der Waals surface area contributed by atoms with Crippen LogP contribution in [0.2, 0.25) is 0 Å². The number of anilines is 2. The van der Waals surface area contributed by atoms with Gasteiger partial charge >= 0.3 is 0 Å². The summed E-state index contributed by atoms with van der Waals surface area (Å²) in [5.74, 6) is 1.29. The van der Waals surface area contributed by atoms with Gasteiger partial charge in [-0.25, -0.2) is 15.0 Å². The first-order chi connectivity index (χ1) is 16.7. The lowest BCUT2D eigenvalue weighted by molar-refractivity contribution is 0.414. The van der Waals surface area contributed by atoms with Crippen molar-refractivity contribution in [1.29, 1.82) is 5.26 Å². The van der Waals surface area contributed by atoms with Gasteiger partial charge in [-0.05, 0) is 41.5 Å². The van der Waals surface area contributed by atoms with Gasteiger partial charge in [-0.1, -0.05) is 24.3 Å². The Morgan fingerprint density at radius 1 is 1.09 bits per heavy atom. The summed E-state index contributed by atoms with van der Waals surface area (Å²) in [6, 6.07) is 19.4. The van der Waals surface area contributed by atoms with Gasteiger partial charge in [0.05, 0.1) is 25.3 Å². The maximum atomic E-state index is 9.37. The molecule has 1 N–H and O–H groups in total. The van der Waals surface area contributed by atoms with E-state index < -0.39 is 0 Å². The predicted molar refractivity (Wildman–Crippen MR) is 131 cm³/mol. The van der Waals surface area contributed by atoms with E-state index in [1.807, 2.05) is 58.7 Å². The highest BCUT2D eigenvalue weighted by molar-refractivity contribution is 7.14. The molecule has 2 aromatic carbocycles. The summed E-state index contributed by atoms with van der Waals surface area (Å²) >= 11 is 1.45. The number of hydrogen-bond acceptors (Lipinski definition) is 8. The molecular formula is C25H19N7OS. The van der Waals surface area contributed by atoms with Crippen molar-refractivity contribution in [3.63, 3.8) is 0 Å². The number of hydrogen-bond donors (Lipinski definition) is 1. The molecule has 3 aromatic heterocycles. The lowest BCUT2D eigenvalue weighted by Crippen LogP contribution is -2.00. The molecule has 166 valence electrons. The molecule has 34 heavy (non-hydrogen) atoms. The average Bonchev–Trinajstić information content (AvgIpc) is 3.52. The molecule has 0 aliphatic carbocycles. The number of nitriles is 1. The molecule has 0 saturated carbocycles. The van der Waals surface area contributed by atoms with E-state index in [0.717, 1.165) is 33.8 Å². The van der Waals surface area contributed by atoms with Gasteiger partial charge in [0.15, 0.2) is 5.13 Å². The number of methoxy groups -OCH3 is 1. The van der Waals surface area contributed by atoms with Gasteiger partial charge in [0.25, 0.3) is 0 Å². The third-order valence-corrected chi connectivity index (χ3v) is 5.86. The van der Waals surface area contributed by atoms with Crippen LogP contribution in [0.3, 0.4) is 0 Å². The van der Waals surface area contributed by atoms with E-state index in [-0.39, 0.29) is 0 Å². The van der Waals surface area contributed by atoms with Crippen LogP contribution in [0.1, 0.15) is 11.1 Å². The summed E-state index contributed by atoms with van der Waals surface area (Å²) in [4.78, 5) is 13.1. The highest BCUT2D eigenvalue weighted by Crippen LogP contribution is 2.34. The molecule has 3 heterocycles. The van der Waals surface area contributed by atoms with Gasteiger partial charge in [0.1, 0.15) is 17.1 Å². The average molecular weight is 466 g/mol. The molecule has 0 aliphatic heterocycles. The Morgan fingerprint density at radius 3 is 2.68 bits per heavy atom. The largest absolute Gasteiger partial charge is 0.497 e. The van der Waals surface area contributed by atoms with Gasteiger partial charge in [0.2, 0.25) is 5.95 Å². The number of aromatic nitrogens is 5. The van der Waals surface area contributed by atoms with Crippen molar-refractivity contribution in [3.8, 4) is 34.3 Å². The second-order valence-electron chi connectivity index (χ2n) is 7.36. The summed E-state index contributed by atoms with van der Waals surface area (Å²) in [5.41, 5.74) is 4.96. The first kappa shape index (κ1) is 21.3. The van der Waals surface area contributed by atoms with E-state index in [2.05, 4.69) is 21.4 Å². The third kappa shape index (κ3) is 4.62. The minimum absolute atomic E-state index is 0.482. The molecule has 0 fully saturated rings. The molecule has 0 spiro atoms. The van der Waals surface area contributed by atoms with Gasteiger partial charge < -0.3 is 10.1 Å². The van der Waals surface area contributed by atoms with Crippen LogP contribution < -0.4 is 10.1 Å². The van der Waals surface area contributed by atoms with Crippen molar-refractivity contribution < 1.29 is 4.74 Å². The zero-order valence-electron chi connectivity index (χ0n) is 18.2. The van der Waals surface area contributed by atoms with E-state index in [9.17, 15) is 5.26 Å². The second-order valence-corrected chi connectivity index (χ2v) is 8.22. The van der Waals surface area contributed by atoms with Crippen molar-refractivity contribution >= 4 is 22.4 Å². The molecule has 0 saturated heterocycles. The molecule has 0 atom stereocenters. The zero-order chi connectivity index (χ0) is 23.3. The highest BCUT2D eigenvalue weighted by Gasteiger charge is 2.17. The Morgan fingerprint density at radius 2 is 1.91 bits per heavy atom. The minimum atomic E-state index is 0.482. The SMILES string of the molecule is COc1ccc(Cn2cc(-c3cccc(C#N)c3)c(-c3csc(Nc4ncccn4)n3)n2)cc1. The number of ether oxygens (including phenoxy) is 1. The van der Waals surface area contributed by atoms with Crippen LogP contribution in [0.4, 0.5) is 11.1 Å². The zero-order valence-corrected chi connectivity index (χ0v) is 19.0. The number of benzene rings is 2. The highest BCUT2D eigenvalue weighted by atomic mass is 32.1. The lowest BCUT2D eigenvalue weighted by atomic mass is 10.0. The second kappa shape index (κ2) is 9.52. The van der Waals surface area contributed by atoms with Gasteiger partial charge in [0, 0.05) is 29.5 Å². The van der Waals surface area contributed by atoms with E-state index in [1.54, 1.807) is 31.6 Å². The van der Waals surface area contributed by atoms with Crippen molar-refractivity contribution in [3.05, 3.63) is 89.7 Å². The van der Waals surface area contributed by atoms with E-state index in [4.69, 9.17) is 14.8 Å². The maximum absolute atomic E-state index is 9.37. The molecule has 0 aliphatic rings. The van der Waals surface area contributed by atoms with Crippen LogP contribution >= 0.6 is 11.3 Å². The van der Waals surface area contributed by atoms with Crippen molar-refractivity contribution in [2.24, 2.45) is 0 Å². The predicted octanol–water partition coefficient (Wildman–Crippen LogP) is 5.14. The van der Waals surface area contributed by atoms with E-state index >= 15 is 0 Å². The van der Waals surface area contributed by atoms with Crippen LogP contribution in [-0.4, -0.2) is 31.8 Å². The number of thiazole rings is 1. The summed E-state index contributed by atoms with van der Waals surface area (Å²) in [6.07, 6.45) is 5.33. The van der Waals surface area contributed by atoms with Crippen LogP contribution in [-0.2, 0) is 6.54 Å². The quantitative estimate of drug-likeness (QED) is 0.355. The van der Waals surface area contributed by atoms with Gasteiger partial charge in [-0.3, -0.25) is 4.68 Å². The smallest absolute Gasteiger partial charge is 0.228 e. The molecule has 5 rings (SSSR count). The Kier molecular flexibility index (Phi) is 5.97. The van der Waals surface area contributed by atoms with E-state index in [0.29, 0.717) is 23.2 Å². The van der Waals surface area contributed by atoms with Crippen LogP contribution in [0.25, 0.3) is 22.5 Å². The topological polar surface area (TPSA) is 102 Å². The molecule has 0 unspecified atom stereocenters. The Balaban J connectivity index is 1.51. The van der Waals surface area contributed by atoms with Crippen molar-refractivity contribution in [1.82, 2.24) is 24.7 Å². The molecule has 0 amide bonds. The lowest BCUT2D eigenvalue weighted by Gasteiger charge is -2.03. The third-order valence-electron chi connectivity index (χ3n) is 5.10. The number of nitrogens with zero attached hydrogens (tertiary/aromatic N) is 6. The summed E-state index contributed by atoms with van der Waals surface area (Å²) in [7, 11) is 1.65. The fourth-order valence-corrected chi connectivity index (χ4v) is 4.17.